The van der Waals surface area contributed by atoms with Crippen LogP contribution in [0.3, 0.4) is 0 Å². The first-order chi connectivity index (χ1) is 8.83. The van der Waals surface area contributed by atoms with Crippen molar-refractivity contribution in [1.29, 1.82) is 0 Å². The molecule has 1 fully saturated rings. The molecule has 0 N–H and O–H groups in total. The van der Waals surface area contributed by atoms with E-state index in [9.17, 15) is 0 Å². The molecular formula is C16H19NS. The van der Waals surface area contributed by atoms with Gasteiger partial charge in [0.15, 0.2) is 0 Å². The molecule has 0 radical (unpaired) electrons. The largest absolute Gasteiger partial charge is 0.363 e. The molecule has 0 spiro atoms. The second-order valence-electron chi connectivity index (χ2n) is 5.05. The molecule has 0 bridgehead atoms. The molecule has 1 saturated heterocycles. The Labute approximate surface area is 113 Å². The summed E-state index contributed by atoms with van der Waals surface area (Å²) in [6, 6.07) is 13.4. The zero-order valence-electron chi connectivity index (χ0n) is 10.9. The molecule has 94 valence electrons. The minimum absolute atomic E-state index is 1.23. The second-order valence-corrected chi connectivity index (χ2v) is 6.11. The summed E-state index contributed by atoms with van der Waals surface area (Å²) in [7, 11) is 0. The smallest absolute Gasteiger partial charge is 0.0914 e. The van der Waals surface area contributed by atoms with Gasteiger partial charge < -0.3 is 4.90 Å². The van der Waals surface area contributed by atoms with Crippen molar-refractivity contribution >= 4 is 16.3 Å². The van der Waals surface area contributed by atoms with Crippen LogP contribution in [0.15, 0.2) is 36.4 Å². The predicted octanol–water partition coefficient (Wildman–Crippen LogP) is 4.71. The average molecular weight is 257 g/mol. The van der Waals surface area contributed by atoms with Crippen LogP contribution in [0, 0.1) is 6.92 Å². The van der Waals surface area contributed by atoms with Gasteiger partial charge in [0.1, 0.15) is 0 Å². The molecule has 2 aromatic rings. The van der Waals surface area contributed by atoms with E-state index in [-0.39, 0.29) is 0 Å². The highest BCUT2D eigenvalue weighted by atomic mass is 32.1. The molecule has 1 aliphatic rings. The van der Waals surface area contributed by atoms with Crippen LogP contribution >= 0.6 is 11.3 Å². The van der Waals surface area contributed by atoms with Gasteiger partial charge in [-0.1, -0.05) is 29.8 Å². The van der Waals surface area contributed by atoms with E-state index in [4.69, 9.17) is 0 Å². The van der Waals surface area contributed by atoms with Gasteiger partial charge in [-0.3, -0.25) is 0 Å². The first-order valence-corrected chi connectivity index (χ1v) is 7.56. The molecule has 2 heteroatoms. The normalized spacial score (nSPS) is 15.9. The lowest BCUT2D eigenvalue weighted by Crippen LogP contribution is -2.28. The van der Waals surface area contributed by atoms with Gasteiger partial charge in [0.25, 0.3) is 0 Å². The van der Waals surface area contributed by atoms with Gasteiger partial charge in [-0.05, 0) is 43.9 Å². The number of thiophene rings is 1. The van der Waals surface area contributed by atoms with Crippen LogP contribution in [0.4, 0.5) is 5.00 Å². The Morgan fingerprint density at radius 1 is 0.889 bits per heavy atom. The Morgan fingerprint density at radius 3 is 2.33 bits per heavy atom. The van der Waals surface area contributed by atoms with E-state index in [2.05, 4.69) is 48.2 Å². The van der Waals surface area contributed by atoms with Crippen molar-refractivity contribution in [1.82, 2.24) is 0 Å². The van der Waals surface area contributed by atoms with Gasteiger partial charge in [0, 0.05) is 18.0 Å². The maximum Gasteiger partial charge on any atom is 0.0914 e. The van der Waals surface area contributed by atoms with Crippen LogP contribution in [0.1, 0.15) is 24.8 Å². The molecule has 1 nitrogen and oxygen atoms in total. The molecule has 1 aliphatic heterocycles. The van der Waals surface area contributed by atoms with E-state index in [0.29, 0.717) is 0 Å². The molecule has 18 heavy (non-hydrogen) atoms. The lowest BCUT2D eigenvalue weighted by atomic mass is 10.1. The highest BCUT2D eigenvalue weighted by molar-refractivity contribution is 7.19. The van der Waals surface area contributed by atoms with Crippen molar-refractivity contribution in [3.63, 3.8) is 0 Å². The van der Waals surface area contributed by atoms with Crippen LogP contribution in [0.2, 0.25) is 0 Å². The SMILES string of the molecule is Cc1ccc(-c2ccc(N3CCCCC3)s2)cc1. The zero-order chi connectivity index (χ0) is 12.4. The number of nitrogens with zero attached hydrogens (tertiary/aromatic N) is 1. The summed E-state index contributed by atoms with van der Waals surface area (Å²) < 4.78 is 0. The second kappa shape index (κ2) is 5.15. The third kappa shape index (κ3) is 2.44. The van der Waals surface area contributed by atoms with E-state index in [1.54, 1.807) is 0 Å². The number of benzene rings is 1. The summed E-state index contributed by atoms with van der Waals surface area (Å²) >= 11 is 1.92. The number of piperidine rings is 1. The monoisotopic (exact) mass is 257 g/mol. The van der Waals surface area contributed by atoms with Crippen molar-refractivity contribution in [2.75, 3.05) is 18.0 Å². The number of anilines is 1. The van der Waals surface area contributed by atoms with E-state index >= 15 is 0 Å². The number of hydrogen-bond acceptors (Lipinski definition) is 2. The molecule has 0 saturated carbocycles. The van der Waals surface area contributed by atoms with Crippen LogP contribution in [-0.2, 0) is 0 Å². The minimum Gasteiger partial charge on any atom is -0.363 e. The van der Waals surface area contributed by atoms with Gasteiger partial charge >= 0.3 is 0 Å². The van der Waals surface area contributed by atoms with Gasteiger partial charge in [0.2, 0.25) is 0 Å². The van der Waals surface area contributed by atoms with Gasteiger partial charge in [-0.15, -0.1) is 11.3 Å². The van der Waals surface area contributed by atoms with Crippen molar-refractivity contribution < 1.29 is 0 Å². The van der Waals surface area contributed by atoms with Crippen molar-refractivity contribution in [3.8, 4) is 10.4 Å². The lowest BCUT2D eigenvalue weighted by molar-refractivity contribution is 0.580. The summed E-state index contributed by atoms with van der Waals surface area (Å²) in [5.74, 6) is 0. The third-order valence-corrected chi connectivity index (χ3v) is 4.79. The molecule has 1 aromatic heterocycles. The minimum atomic E-state index is 1.23. The summed E-state index contributed by atoms with van der Waals surface area (Å²) in [5.41, 5.74) is 2.67. The summed E-state index contributed by atoms with van der Waals surface area (Å²) in [6.07, 6.45) is 4.09. The Balaban J connectivity index is 1.82. The summed E-state index contributed by atoms with van der Waals surface area (Å²) in [5, 5.41) is 1.44. The Bertz CT molecular complexity index is 506. The lowest BCUT2D eigenvalue weighted by Gasteiger charge is -2.27. The molecule has 0 atom stereocenters. The fraction of sp³-hybridized carbons (Fsp3) is 0.375. The zero-order valence-corrected chi connectivity index (χ0v) is 11.7. The number of rotatable bonds is 2. The molecule has 3 rings (SSSR count). The van der Waals surface area contributed by atoms with Crippen molar-refractivity contribution in [2.45, 2.75) is 26.2 Å². The molecule has 1 aromatic carbocycles. The first kappa shape index (κ1) is 11.8. The average Bonchev–Trinajstić information content (AvgIpc) is 2.90. The fourth-order valence-electron chi connectivity index (χ4n) is 2.48. The van der Waals surface area contributed by atoms with Gasteiger partial charge in [-0.25, -0.2) is 0 Å². The maximum atomic E-state index is 2.53. The van der Waals surface area contributed by atoms with E-state index in [1.165, 1.54) is 53.4 Å². The topological polar surface area (TPSA) is 3.24 Å². The van der Waals surface area contributed by atoms with Crippen LogP contribution < -0.4 is 4.90 Å². The summed E-state index contributed by atoms with van der Waals surface area (Å²) in [6.45, 7) is 4.60. The predicted molar refractivity (Wildman–Crippen MR) is 80.6 cm³/mol. The fourth-order valence-corrected chi connectivity index (χ4v) is 3.55. The Kier molecular flexibility index (Phi) is 3.37. The van der Waals surface area contributed by atoms with E-state index in [1.807, 2.05) is 11.3 Å². The molecular weight excluding hydrogens is 238 g/mol. The molecule has 0 amide bonds. The summed E-state index contributed by atoms with van der Waals surface area (Å²) in [4.78, 5) is 3.92. The quantitative estimate of drug-likeness (QED) is 0.753. The van der Waals surface area contributed by atoms with E-state index < -0.39 is 0 Å². The van der Waals surface area contributed by atoms with E-state index in [0.717, 1.165) is 0 Å². The number of hydrogen-bond donors (Lipinski definition) is 0. The Hall–Kier alpha value is -1.28. The Morgan fingerprint density at radius 2 is 1.61 bits per heavy atom. The van der Waals surface area contributed by atoms with Gasteiger partial charge in [0.05, 0.1) is 5.00 Å². The van der Waals surface area contributed by atoms with Crippen LogP contribution in [0.25, 0.3) is 10.4 Å². The third-order valence-electron chi connectivity index (χ3n) is 3.60. The standard InChI is InChI=1S/C16H19NS/c1-13-5-7-14(8-6-13)15-9-10-16(18-15)17-11-3-2-4-12-17/h5-10H,2-4,11-12H2,1H3. The number of aryl methyl sites for hydroxylation is 1. The highest BCUT2D eigenvalue weighted by Gasteiger charge is 2.13. The molecule has 2 heterocycles. The maximum absolute atomic E-state index is 2.53. The highest BCUT2D eigenvalue weighted by Crippen LogP contribution is 2.34. The molecule has 0 aliphatic carbocycles. The van der Waals surface area contributed by atoms with Crippen LogP contribution in [-0.4, -0.2) is 13.1 Å². The van der Waals surface area contributed by atoms with Gasteiger partial charge in [-0.2, -0.15) is 0 Å². The van der Waals surface area contributed by atoms with Crippen molar-refractivity contribution in [3.05, 3.63) is 42.0 Å². The van der Waals surface area contributed by atoms with Crippen molar-refractivity contribution in [2.24, 2.45) is 0 Å². The first-order valence-electron chi connectivity index (χ1n) is 6.75. The molecule has 0 unspecified atom stereocenters. The van der Waals surface area contributed by atoms with Crippen LogP contribution in [0.5, 0.6) is 0 Å².